The molecule has 4 nitrogen and oxygen atoms in total. The maximum absolute atomic E-state index is 12.2. The molecule has 0 bridgehead atoms. The van der Waals surface area contributed by atoms with Gasteiger partial charge in [-0.05, 0) is 11.6 Å². The summed E-state index contributed by atoms with van der Waals surface area (Å²) in [5, 5.41) is 3.17. The Bertz CT molecular complexity index is 419. The van der Waals surface area contributed by atoms with Gasteiger partial charge in [-0.25, -0.2) is 0 Å². The van der Waals surface area contributed by atoms with E-state index < -0.39 is 0 Å². The van der Waals surface area contributed by atoms with Gasteiger partial charge in [-0.1, -0.05) is 34.1 Å². The molecule has 5 heteroatoms. The molecule has 0 aromatic heterocycles. The fraction of sp³-hybridized carbons (Fsp3) is 0.462. The molecular weight excluding hydrogens is 296 g/mol. The molecule has 0 radical (unpaired) electrons. The number of carbonyl (C=O) groups is 1. The van der Waals surface area contributed by atoms with Crippen molar-refractivity contribution in [3.63, 3.8) is 0 Å². The molecule has 1 N–H and O–H groups in total. The molecule has 2 rings (SSSR count). The van der Waals surface area contributed by atoms with E-state index in [1.165, 1.54) is 0 Å². The van der Waals surface area contributed by atoms with Crippen molar-refractivity contribution in [2.45, 2.75) is 12.6 Å². The average Bonchev–Trinajstić information content (AvgIpc) is 2.41. The van der Waals surface area contributed by atoms with Gasteiger partial charge in [-0.15, -0.1) is 0 Å². The summed E-state index contributed by atoms with van der Waals surface area (Å²) >= 11 is 3.49. The van der Waals surface area contributed by atoms with E-state index in [9.17, 15) is 4.79 Å². The molecule has 1 aliphatic rings. The van der Waals surface area contributed by atoms with E-state index in [0.717, 1.165) is 16.6 Å². The number of halogens is 1. The van der Waals surface area contributed by atoms with Gasteiger partial charge in [-0.2, -0.15) is 0 Å². The normalized spacial score (nSPS) is 19.6. The Balaban J connectivity index is 1.96. The van der Waals surface area contributed by atoms with Crippen molar-refractivity contribution in [1.82, 2.24) is 10.2 Å². The van der Waals surface area contributed by atoms with Gasteiger partial charge in [-0.3, -0.25) is 4.79 Å². The second-order valence-electron chi connectivity index (χ2n) is 4.37. The van der Waals surface area contributed by atoms with E-state index in [0.29, 0.717) is 19.8 Å². The summed E-state index contributed by atoms with van der Waals surface area (Å²) in [5.74, 6) is 0.0745. The molecule has 98 valence electrons. The number of hydrogen-bond acceptors (Lipinski definition) is 3. The molecule has 0 saturated carbocycles. The van der Waals surface area contributed by atoms with Crippen LogP contribution in [0.3, 0.4) is 0 Å². The number of ether oxygens (including phenoxy) is 1. The lowest BCUT2D eigenvalue weighted by molar-refractivity contribution is -0.135. The molecule has 1 unspecified atom stereocenters. The Morgan fingerprint density at radius 2 is 2.33 bits per heavy atom. The first-order valence-corrected chi connectivity index (χ1v) is 6.77. The Morgan fingerprint density at radius 1 is 1.56 bits per heavy atom. The summed E-state index contributed by atoms with van der Waals surface area (Å²) in [7, 11) is 1.82. The zero-order chi connectivity index (χ0) is 13.0. The Kier molecular flexibility index (Phi) is 4.74. The Labute approximate surface area is 115 Å². The molecular formula is C13H17BrN2O2. The number of hydrogen-bond donors (Lipinski definition) is 1. The zero-order valence-electron chi connectivity index (χ0n) is 10.4. The molecule has 18 heavy (non-hydrogen) atoms. The Morgan fingerprint density at radius 3 is 3.00 bits per heavy atom. The second kappa shape index (κ2) is 6.31. The summed E-state index contributed by atoms with van der Waals surface area (Å²) in [6, 6.07) is 7.71. The van der Waals surface area contributed by atoms with Crippen molar-refractivity contribution in [2.24, 2.45) is 0 Å². The summed E-state index contributed by atoms with van der Waals surface area (Å²) in [6.45, 7) is 2.47. The minimum Gasteiger partial charge on any atom is -0.378 e. The number of carbonyl (C=O) groups excluding carboxylic acids is 1. The van der Waals surface area contributed by atoms with Crippen LogP contribution < -0.4 is 5.32 Å². The molecule has 1 atom stereocenters. The van der Waals surface area contributed by atoms with E-state index in [1.54, 1.807) is 4.90 Å². The van der Waals surface area contributed by atoms with Gasteiger partial charge in [0.2, 0.25) is 5.91 Å². The van der Waals surface area contributed by atoms with Crippen molar-refractivity contribution in [1.29, 1.82) is 0 Å². The number of nitrogens with zero attached hydrogens (tertiary/aromatic N) is 1. The summed E-state index contributed by atoms with van der Waals surface area (Å²) < 4.78 is 6.33. The van der Waals surface area contributed by atoms with Gasteiger partial charge in [0.1, 0.15) is 6.04 Å². The highest BCUT2D eigenvalue weighted by Gasteiger charge is 2.24. The number of rotatable bonds is 3. The molecule has 1 aromatic carbocycles. The predicted octanol–water partition coefficient (Wildman–Crippen LogP) is 1.40. The van der Waals surface area contributed by atoms with Gasteiger partial charge in [0.25, 0.3) is 0 Å². The number of benzene rings is 1. The molecule has 1 heterocycles. The molecule has 0 spiro atoms. The van der Waals surface area contributed by atoms with Crippen LogP contribution in [0.15, 0.2) is 28.7 Å². The van der Waals surface area contributed by atoms with Crippen LogP contribution in [0.1, 0.15) is 5.56 Å². The first kappa shape index (κ1) is 13.5. The van der Waals surface area contributed by atoms with Crippen LogP contribution in [0, 0.1) is 0 Å². The highest BCUT2D eigenvalue weighted by Crippen LogP contribution is 2.17. The van der Waals surface area contributed by atoms with Gasteiger partial charge in [0.05, 0.1) is 13.2 Å². The lowest BCUT2D eigenvalue weighted by atomic mass is 10.2. The predicted molar refractivity (Wildman–Crippen MR) is 73.2 cm³/mol. The lowest BCUT2D eigenvalue weighted by Crippen LogP contribution is -2.51. The van der Waals surface area contributed by atoms with Crippen molar-refractivity contribution < 1.29 is 9.53 Å². The molecule has 0 aliphatic carbocycles. The summed E-state index contributed by atoms with van der Waals surface area (Å²) in [5.41, 5.74) is 1.10. The first-order chi connectivity index (χ1) is 8.68. The third-order valence-corrected chi connectivity index (χ3v) is 3.73. The number of nitrogens with one attached hydrogen (secondary N) is 1. The average molecular weight is 313 g/mol. The highest BCUT2D eigenvalue weighted by molar-refractivity contribution is 9.10. The van der Waals surface area contributed by atoms with Gasteiger partial charge in [0, 0.05) is 24.6 Å². The van der Waals surface area contributed by atoms with Crippen LogP contribution in [0.25, 0.3) is 0 Å². The topological polar surface area (TPSA) is 41.6 Å². The fourth-order valence-electron chi connectivity index (χ4n) is 1.95. The monoisotopic (exact) mass is 312 g/mol. The molecule has 1 aromatic rings. The van der Waals surface area contributed by atoms with E-state index >= 15 is 0 Å². The van der Waals surface area contributed by atoms with Crippen LogP contribution in [-0.4, -0.2) is 43.7 Å². The smallest absolute Gasteiger partial charge is 0.242 e. The molecule has 1 amide bonds. The maximum Gasteiger partial charge on any atom is 0.242 e. The standard InChI is InChI=1S/C13H17BrN2O2/c1-16(8-10-4-2-3-5-11(10)14)13(17)12-9-18-7-6-15-12/h2-5,12,15H,6-9H2,1H3. The van der Waals surface area contributed by atoms with Crippen molar-refractivity contribution in [3.05, 3.63) is 34.3 Å². The lowest BCUT2D eigenvalue weighted by Gasteiger charge is -2.27. The summed E-state index contributed by atoms with van der Waals surface area (Å²) in [6.07, 6.45) is 0. The van der Waals surface area contributed by atoms with Crippen molar-refractivity contribution in [3.8, 4) is 0 Å². The minimum atomic E-state index is -0.216. The van der Waals surface area contributed by atoms with Crippen molar-refractivity contribution >= 4 is 21.8 Å². The number of likely N-dealkylation sites (N-methyl/N-ethyl adjacent to an activating group) is 1. The number of morpholine rings is 1. The molecule has 1 fully saturated rings. The zero-order valence-corrected chi connectivity index (χ0v) is 11.9. The SMILES string of the molecule is CN(Cc1ccccc1Br)C(=O)C1COCCN1. The molecule has 1 saturated heterocycles. The summed E-state index contributed by atoms with van der Waals surface area (Å²) in [4.78, 5) is 13.9. The first-order valence-electron chi connectivity index (χ1n) is 5.98. The fourth-order valence-corrected chi connectivity index (χ4v) is 2.36. The third kappa shape index (κ3) is 3.31. The highest BCUT2D eigenvalue weighted by atomic mass is 79.9. The second-order valence-corrected chi connectivity index (χ2v) is 5.22. The van der Waals surface area contributed by atoms with Gasteiger partial charge in [0.15, 0.2) is 0 Å². The van der Waals surface area contributed by atoms with Crippen molar-refractivity contribution in [2.75, 3.05) is 26.8 Å². The van der Waals surface area contributed by atoms with Gasteiger partial charge < -0.3 is 15.0 Å². The van der Waals surface area contributed by atoms with Gasteiger partial charge >= 0.3 is 0 Å². The number of amides is 1. The van der Waals surface area contributed by atoms with E-state index in [1.807, 2.05) is 31.3 Å². The Hall–Kier alpha value is -0.910. The van der Waals surface area contributed by atoms with E-state index in [-0.39, 0.29) is 11.9 Å². The van der Waals surface area contributed by atoms with Crippen LogP contribution in [0.2, 0.25) is 0 Å². The van der Waals surface area contributed by atoms with Crippen LogP contribution in [0.4, 0.5) is 0 Å². The molecule has 1 aliphatic heterocycles. The van der Waals surface area contributed by atoms with Crippen LogP contribution >= 0.6 is 15.9 Å². The van der Waals surface area contributed by atoms with E-state index in [4.69, 9.17) is 4.74 Å². The third-order valence-electron chi connectivity index (χ3n) is 2.96. The minimum absolute atomic E-state index is 0.0745. The maximum atomic E-state index is 12.2. The quantitative estimate of drug-likeness (QED) is 0.917. The van der Waals surface area contributed by atoms with Crippen LogP contribution in [0.5, 0.6) is 0 Å². The van der Waals surface area contributed by atoms with E-state index in [2.05, 4.69) is 21.2 Å². The largest absolute Gasteiger partial charge is 0.378 e. The van der Waals surface area contributed by atoms with Crippen LogP contribution in [-0.2, 0) is 16.1 Å².